The van der Waals surface area contributed by atoms with E-state index in [-0.39, 0.29) is 0 Å². The van der Waals surface area contributed by atoms with Crippen molar-refractivity contribution >= 4 is 40.3 Å². The molecule has 4 aromatic heterocycles. The molecule has 1 aliphatic rings. The summed E-state index contributed by atoms with van der Waals surface area (Å²) in [6.07, 6.45) is 14.4. The first kappa shape index (κ1) is 25.2. The number of hydrogen-bond donors (Lipinski definition) is 0. The minimum Gasteiger partial charge on any atom is -0.377 e. The Hall–Kier alpha value is -3.42. The number of halogens is 2. The monoisotopic (exact) mass is 536 g/mol. The maximum atomic E-state index is 7.05. The smallest absolute Gasteiger partial charge is 0.358 e. The standard InChI is InChI=1S/C28H32Cl2N7/c1-32(2)21-7-17-36(18-8-21)27-24(29)26(35-15-11-23(12-16-35)34-13-5-6-14-34)25(30)28(31-27)37-19-9-22(10-20-37)33(3)4/h7-12,15-20H,5-6,13-14H2,1-4H3/q+3. The van der Waals surface area contributed by atoms with Crippen molar-refractivity contribution in [3.05, 3.63) is 83.6 Å². The van der Waals surface area contributed by atoms with Crippen LogP contribution < -0.4 is 28.4 Å². The second-order valence-electron chi connectivity index (χ2n) is 9.61. The molecule has 5 rings (SSSR count). The van der Waals surface area contributed by atoms with Gasteiger partial charge in [-0.05, 0) is 12.8 Å². The van der Waals surface area contributed by atoms with Gasteiger partial charge in [-0.2, -0.15) is 4.57 Å². The summed E-state index contributed by atoms with van der Waals surface area (Å²) in [5.74, 6) is 1.20. The summed E-state index contributed by atoms with van der Waals surface area (Å²) >= 11 is 14.1. The first-order valence-electron chi connectivity index (χ1n) is 12.4. The third kappa shape index (κ3) is 5.06. The molecule has 0 spiro atoms. The molecule has 190 valence electrons. The lowest BCUT2D eigenvalue weighted by molar-refractivity contribution is -0.617. The van der Waals surface area contributed by atoms with Crippen molar-refractivity contribution < 1.29 is 13.7 Å². The average molecular weight is 538 g/mol. The molecule has 0 unspecified atom stereocenters. The molecule has 0 amide bonds. The van der Waals surface area contributed by atoms with E-state index in [9.17, 15) is 0 Å². The lowest BCUT2D eigenvalue weighted by Crippen LogP contribution is -2.40. The van der Waals surface area contributed by atoms with Gasteiger partial charge in [0.05, 0.1) is 24.8 Å². The number of rotatable bonds is 6. The molecule has 1 aliphatic heterocycles. The van der Waals surface area contributed by atoms with Crippen LogP contribution in [0.1, 0.15) is 12.8 Å². The first-order valence-corrected chi connectivity index (χ1v) is 13.1. The fraction of sp³-hybridized carbons (Fsp3) is 0.286. The van der Waals surface area contributed by atoms with Gasteiger partial charge in [0, 0.05) is 99.7 Å². The number of aromatic nitrogens is 4. The maximum absolute atomic E-state index is 7.05. The molecule has 0 bridgehead atoms. The van der Waals surface area contributed by atoms with Gasteiger partial charge in [0.2, 0.25) is 10.0 Å². The van der Waals surface area contributed by atoms with Crippen LogP contribution in [0, 0.1) is 0 Å². The zero-order valence-electron chi connectivity index (χ0n) is 21.6. The van der Waals surface area contributed by atoms with Gasteiger partial charge in [-0.15, -0.1) is 0 Å². The molecule has 4 aromatic rings. The zero-order valence-corrected chi connectivity index (χ0v) is 23.2. The third-order valence-corrected chi connectivity index (χ3v) is 7.40. The molecular weight excluding hydrogens is 505 g/mol. The SMILES string of the molecule is CN(C)c1cc[n+](-c2nc(-[n+]3ccc(N(C)C)cc3)c(Cl)c(-[n+]3ccc(N4CCCC4)cc3)c2Cl)cc1. The summed E-state index contributed by atoms with van der Waals surface area (Å²) in [6, 6.07) is 12.4. The highest BCUT2D eigenvalue weighted by Crippen LogP contribution is 2.31. The lowest BCUT2D eigenvalue weighted by Gasteiger charge is -2.16. The van der Waals surface area contributed by atoms with Crippen molar-refractivity contribution in [1.82, 2.24) is 4.98 Å². The largest absolute Gasteiger partial charge is 0.377 e. The average Bonchev–Trinajstić information content (AvgIpc) is 3.45. The second-order valence-corrected chi connectivity index (χ2v) is 10.4. The fourth-order valence-electron chi connectivity index (χ4n) is 4.55. The molecular formula is C28H32Cl2N7+3. The third-order valence-electron chi connectivity index (χ3n) is 6.71. The highest BCUT2D eigenvalue weighted by atomic mass is 35.5. The van der Waals surface area contributed by atoms with Crippen LogP contribution in [0.25, 0.3) is 17.3 Å². The minimum atomic E-state index is 0.473. The van der Waals surface area contributed by atoms with Crippen molar-refractivity contribution in [1.29, 1.82) is 0 Å². The lowest BCUT2D eigenvalue weighted by atomic mass is 10.3. The predicted octanol–water partition coefficient (Wildman–Crippen LogP) is 3.95. The van der Waals surface area contributed by atoms with Gasteiger partial charge in [-0.25, -0.2) is 9.13 Å². The molecule has 0 aliphatic carbocycles. The molecule has 0 aromatic carbocycles. The van der Waals surface area contributed by atoms with E-state index in [1.165, 1.54) is 18.5 Å². The molecule has 7 nitrogen and oxygen atoms in total. The Kier molecular flexibility index (Phi) is 7.17. The quantitative estimate of drug-likeness (QED) is 0.349. The van der Waals surface area contributed by atoms with Crippen LogP contribution in [0.15, 0.2) is 73.6 Å². The van der Waals surface area contributed by atoms with Crippen LogP contribution in [0.3, 0.4) is 0 Å². The van der Waals surface area contributed by atoms with Gasteiger partial charge in [-0.3, -0.25) is 0 Å². The Morgan fingerprint density at radius 1 is 0.649 bits per heavy atom. The Bertz CT molecular complexity index is 1300. The van der Waals surface area contributed by atoms with Gasteiger partial charge in [0.15, 0.2) is 12.4 Å². The summed E-state index contributed by atoms with van der Waals surface area (Å²) < 4.78 is 5.82. The summed E-state index contributed by atoms with van der Waals surface area (Å²) in [5.41, 5.74) is 4.06. The van der Waals surface area contributed by atoms with Gasteiger partial charge in [0.25, 0.3) is 5.69 Å². The number of nitrogens with zero attached hydrogens (tertiary/aromatic N) is 7. The van der Waals surface area contributed by atoms with E-state index < -0.39 is 0 Å². The van der Waals surface area contributed by atoms with E-state index in [2.05, 4.69) is 26.8 Å². The highest BCUT2D eigenvalue weighted by Gasteiger charge is 2.34. The second kappa shape index (κ2) is 10.5. The van der Waals surface area contributed by atoms with Gasteiger partial charge < -0.3 is 14.7 Å². The van der Waals surface area contributed by atoms with Crippen molar-refractivity contribution in [3.63, 3.8) is 0 Å². The Morgan fingerprint density at radius 2 is 1.05 bits per heavy atom. The molecule has 9 heteroatoms. The van der Waals surface area contributed by atoms with Gasteiger partial charge >= 0.3 is 11.6 Å². The highest BCUT2D eigenvalue weighted by molar-refractivity contribution is 6.38. The predicted molar refractivity (Wildman–Crippen MR) is 149 cm³/mol. The zero-order chi connectivity index (χ0) is 26.1. The topological polar surface area (TPSA) is 34.2 Å². The summed E-state index contributed by atoms with van der Waals surface area (Å²) in [6.45, 7) is 2.18. The number of hydrogen-bond acceptors (Lipinski definition) is 4. The van der Waals surface area contributed by atoms with Gasteiger partial charge in [-0.1, -0.05) is 23.2 Å². The van der Waals surface area contributed by atoms with Crippen LogP contribution in [0.4, 0.5) is 17.1 Å². The maximum Gasteiger partial charge on any atom is 0.358 e. The van der Waals surface area contributed by atoms with Crippen LogP contribution >= 0.6 is 23.2 Å². The molecule has 0 N–H and O–H groups in total. The summed E-state index contributed by atoms with van der Waals surface area (Å²) in [7, 11) is 8.06. The van der Waals surface area contributed by atoms with Gasteiger partial charge in [0.1, 0.15) is 0 Å². The number of pyridine rings is 4. The molecule has 0 radical (unpaired) electrons. The van der Waals surface area contributed by atoms with E-state index in [4.69, 9.17) is 28.2 Å². The Labute approximate surface area is 228 Å². The minimum absolute atomic E-state index is 0.473. The van der Waals surface area contributed by atoms with Crippen molar-refractivity contribution in [2.45, 2.75) is 12.8 Å². The molecule has 0 atom stereocenters. The Morgan fingerprint density at radius 3 is 1.46 bits per heavy atom. The van der Waals surface area contributed by atoms with Crippen LogP contribution in [-0.2, 0) is 0 Å². The van der Waals surface area contributed by atoms with E-state index in [0.717, 1.165) is 24.5 Å². The van der Waals surface area contributed by atoms with Crippen molar-refractivity contribution in [2.75, 3.05) is 56.0 Å². The molecule has 0 saturated carbocycles. The summed E-state index contributed by atoms with van der Waals surface area (Å²) in [5, 5.41) is 0.946. The molecule has 1 fully saturated rings. The van der Waals surface area contributed by atoms with E-state index in [1.54, 1.807) is 0 Å². The van der Waals surface area contributed by atoms with Crippen LogP contribution in [0.2, 0.25) is 10.0 Å². The Balaban J connectivity index is 1.66. The molecule has 5 heterocycles. The van der Waals surface area contributed by atoms with Crippen molar-refractivity contribution in [3.8, 4) is 17.3 Å². The first-order chi connectivity index (χ1) is 17.8. The normalized spacial score (nSPS) is 13.2. The van der Waals surface area contributed by atoms with Crippen molar-refractivity contribution in [2.24, 2.45) is 0 Å². The summed E-state index contributed by atoms with van der Waals surface area (Å²) in [4.78, 5) is 11.5. The molecule has 1 saturated heterocycles. The van der Waals surface area contributed by atoms with E-state index >= 15 is 0 Å². The molecule has 37 heavy (non-hydrogen) atoms. The number of anilines is 3. The van der Waals surface area contributed by atoms with Crippen LogP contribution in [0.5, 0.6) is 0 Å². The van der Waals surface area contributed by atoms with E-state index in [0.29, 0.717) is 27.4 Å². The fourth-order valence-corrected chi connectivity index (χ4v) is 5.26. The van der Waals surface area contributed by atoms with Crippen LogP contribution in [-0.4, -0.2) is 46.3 Å². The van der Waals surface area contributed by atoms with E-state index in [1.807, 2.05) is 103 Å².